The highest BCUT2D eigenvalue weighted by atomic mass is 31.0. The van der Waals surface area contributed by atoms with Crippen LogP contribution >= 0.6 is 9.90 Å². The molecule has 0 bridgehead atoms. The summed E-state index contributed by atoms with van der Waals surface area (Å²) >= 11 is 0. The minimum absolute atomic E-state index is 0. The Kier molecular flexibility index (Phi) is 8.39. The molecule has 0 saturated carbocycles. The third-order valence-electron chi connectivity index (χ3n) is 1.12. The molecule has 0 aliphatic rings. The lowest BCUT2D eigenvalue weighted by atomic mass is 10.2. The number of aryl methyl sites for hydroxylation is 1. The number of benzene rings is 1. The van der Waals surface area contributed by atoms with Crippen LogP contribution in [0.3, 0.4) is 0 Å². The summed E-state index contributed by atoms with van der Waals surface area (Å²) in [5, 5.41) is 8.92. The molecular formula is C8H13O2P. The Morgan fingerprint density at radius 1 is 1.27 bits per heavy atom. The highest BCUT2D eigenvalue weighted by Crippen LogP contribution is 2.12. The second-order valence-electron chi connectivity index (χ2n) is 1.79. The molecule has 11 heavy (non-hydrogen) atoms. The van der Waals surface area contributed by atoms with Crippen LogP contribution in [0.1, 0.15) is 5.56 Å². The van der Waals surface area contributed by atoms with Crippen LogP contribution in [-0.2, 0) is 4.79 Å². The number of aromatic hydroxyl groups is 1. The van der Waals surface area contributed by atoms with Gasteiger partial charge in [0.15, 0.2) is 0 Å². The van der Waals surface area contributed by atoms with Crippen LogP contribution in [0.25, 0.3) is 0 Å². The molecule has 0 heterocycles. The average molecular weight is 172 g/mol. The molecule has 2 nitrogen and oxygen atoms in total. The van der Waals surface area contributed by atoms with E-state index in [0.29, 0.717) is 5.75 Å². The van der Waals surface area contributed by atoms with Gasteiger partial charge in [0.25, 0.3) is 0 Å². The Morgan fingerprint density at radius 3 is 2.00 bits per heavy atom. The second kappa shape index (κ2) is 7.23. The lowest BCUT2D eigenvalue weighted by Crippen LogP contribution is -1.68. The van der Waals surface area contributed by atoms with Gasteiger partial charge in [0, 0.05) is 0 Å². The van der Waals surface area contributed by atoms with Gasteiger partial charge >= 0.3 is 0 Å². The largest absolute Gasteiger partial charge is 0.508 e. The molecule has 0 aromatic heterocycles. The monoisotopic (exact) mass is 172 g/mol. The fraction of sp³-hybridized carbons (Fsp3) is 0.125. The van der Waals surface area contributed by atoms with Gasteiger partial charge in [-0.1, -0.05) is 18.2 Å². The molecular weight excluding hydrogens is 159 g/mol. The molecule has 3 heteroatoms. The third-order valence-corrected chi connectivity index (χ3v) is 1.12. The molecule has 0 fully saturated rings. The number of para-hydroxylation sites is 1. The van der Waals surface area contributed by atoms with Crippen molar-refractivity contribution in [3.8, 4) is 5.75 Å². The maximum absolute atomic E-state index is 8.92. The van der Waals surface area contributed by atoms with Crippen molar-refractivity contribution in [2.45, 2.75) is 6.92 Å². The molecule has 0 saturated heterocycles. The highest BCUT2D eigenvalue weighted by Gasteiger charge is 1.86. The van der Waals surface area contributed by atoms with Crippen LogP contribution in [0.4, 0.5) is 0 Å². The molecule has 1 atom stereocenters. The molecule has 1 rings (SSSR count). The predicted molar refractivity (Wildman–Crippen MR) is 51.1 cm³/mol. The Morgan fingerprint density at radius 2 is 1.73 bits per heavy atom. The quantitative estimate of drug-likeness (QED) is 0.603. The van der Waals surface area contributed by atoms with Crippen molar-refractivity contribution in [2.75, 3.05) is 0 Å². The minimum Gasteiger partial charge on any atom is -0.508 e. The summed E-state index contributed by atoms with van der Waals surface area (Å²) in [4.78, 5) is 8.00. The van der Waals surface area contributed by atoms with Gasteiger partial charge in [-0.05, 0) is 18.6 Å². The van der Waals surface area contributed by atoms with Gasteiger partial charge in [-0.2, -0.15) is 9.90 Å². The minimum atomic E-state index is 0. The van der Waals surface area contributed by atoms with E-state index in [2.05, 4.69) is 0 Å². The number of phenols is 1. The molecule has 1 aromatic carbocycles. The second-order valence-corrected chi connectivity index (χ2v) is 1.79. The van der Waals surface area contributed by atoms with E-state index in [1.54, 1.807) is 6.07 Å². The zero-order chi connectivity index (χ0) is 7.98. The van der Waals surface area contributed by atoms with Crippen LogP contribution in [0.15, 0.2) is 24.3 Å². The van der Waals surface area contributed by atoms with Gasteiger partial charge in [-0.15, -0.1) is 0 Å². The Bertz CT molecular complexity index is 180. The average Bonchev–Trinajstić information content (AvgIpc) is 2.00. The molecule has 0 aliphatic carbocycles. The van der Waals surface area contributed by atoms with Gasteiger partial charge in [0.05, 0.1) is 0 Å². The Hall–Kier alpha value is -0.880. The molecule has 0 aliphatic heterocycles. The summed E-state index contributed by atoms with van der Waals surface area (Å²) < 4.78 is 0. The van der Waals surface area contributed by atoms with E-state index >= 15 is 0 Å². The van der Waals surface area contributed by atoms with E-state index in [4.69, 9.17) is 9.90 Å². The van der Waals surface area contributed by atoms with Crippen LogP contribution in [0.2, 0.25) is 0 Å². The zero-order valence-electron chi connectivity index (χ0n) is 6.58. The smallest absolute Gasteiger partial charge is 0.118 e. The fourth-order valence-corrected chi connectivity index (χ4v) is 0.563. The van der Waals surface area contributed by atoms with Crippen LogP contribution in [0.5, 0.6) is 5.75 Å². The van der Waals surface area contributed by atoms with Crippen molar-refractivity contribution < 1.29 is 9.90 Å². The van der Waals surface area contributed by atoms with Crippen molar-refractivity contribution in [3.05, 3.63) is 29.8 Å². The number of carbonyl (C=O) groups excluding carboxylic acids is 1. The van der Waals surface area contributed by atoms with E-state index in [1.165, 1.54) is 0 Å². The van der Waals surface area contributed by atoms with Crippen molar-refractivity contribution in [3.63, 3.8) is 0 Å². The number of hydrogen-bond acceptors (Lipinski definition) is 2. The highest BCUT2D eigenvalue weighted by molar-refractivity contribution is 6.92. The summed E-state index contributed by atoms with van der Waals surface area (Å²) in [5.74, 6) is 0.368. The zero-order valence-corrected chi connectivity index (χ0v) is 7.99. The summed E-state index contributed by atoms with van der Waals surface area (Å²) in [6.45, 7) is 3.87. The van der Waals surface area contributed by atoms with Crippen molar-refractivity contribution in [1.29, 1.82) is 0 Å². The first-order valence-electron chi connectivity index (χ1n) is 2.84. The number of phenolic OH excluding ortho intramolecular Hbond substituents is 1. The summed E-state index contributed by atoms with van der Waals surface area (Å²) in [6, 6.07) is 7.25. The summed E-state index contributed by atoms with van der Waals surface area (Å²) in [6.07, 6.45) is 0. The van der Waals surface area contributed by atoms with Gasteiger partial charge in [-0.3, -0.25) is 0 Å². The van der Waals surface area contributed by atoms with E-state index in [9.17, 15) is 0 Å². The molecule has 0 radical (unpaired) electrons. The fourth-order valence-electron chi connectivity index (χ4n) is 0.563. The molecule has 62 valence electrons. The van der Waals surface area contributed by atoms with Crippen molar-refractivity contribution in [2.24, 2.45) is 0 Å². The van der Waals surface area contributed by atoms with Crippen molar-refractivity contribution in [1.82, 2.24) is 0 Å². The maximum atomic E-state index is 8.92. The number of carbonyl (C=O) groups is 1. The lowest BCUT2D eigenvalue weighted by molar-refractivity contribution is -0.0979. The standard InChI is InChI=1S/C7H8O.CH2O.H3P/c1-6-4-2-3-5-7(6)8;1-2;/h2-5,8H,1H3;1H2;1H3. The van der Waals surface area contributed by atoms with E-state index < -0.39 is 0 Å². The lowest BCUT2D eigenvalue weighted by Gasteiger charge is -1.92. The first kappa shape index (κ1) is 12.8. The SMILES string of the molecule is C=O.Cc1ccccc1O.P. The summed E-state index contributed by atoms with van der Waals surface area (Å²) in [5.41, 5.74) is 0.924. The van der Waals surface area contributed by atoms with Crippen LogP contribution < -0.4 is 0 Å². The number of rotatable bonds is 0. The summed E-state index contributed by atoms with van der Waals surface area (Å²) in [7, 11) is 0. The van der Waals surface area contributed by atoms with E-state index in [-0.39, 0.29) is 9.90 Å². The first-order valence-corrected chi connectivity index (χ1v) is 2.84. The number of hydrogen-bond donors (Lipinski definition) is 1. The van der Waals surface area contributed by atoms with Crippen LogP contribution in [0, 0.1) is 6.92 Å². The molecule has 0 spiro atoms. The molecule has 1 N–H and O–H groups in total. The van der Waals surface area contributed by atoms with Crippen LogP contribution in [-0.4, -0.2) is 11.9 Å². The maximum Gasteiger partial charge on any atom is 0.118 e. The van der Waals surface area contributed by atoms with Crippen molar-refractivity contribution >= 4 is 16.7 Å². The molecule has 0 amide bonds. The third kappa shape index (κ3) is 4.51. The Labute approximate surface area is 69.9 Å². The van der Waals surface area contributed by atoms with E-state index in [0.717, 1.165) is 5.56 Å². The first-order chi connectivity index (χ1) is 4.80. The Balaban J connectivity index is 0. The van der Waals surface area contributed by atoms with Gasteiger partial charge in [0.2, 0.25) is 0 Å². The molecule has 1 unspecified atom stereocenters. The van der Waals surface area contributed by atoms with Gasteiger partial charge < -0.3 is 9.90 Å². The predicted octanol–water partition coefficient (Wildman–Crippen LogP) is 1.57. The normalized spacial score (nSPS) is 7.00. The van der Waals surface area contributed by atoms with Gasteiger partial charge in [0.1, 0.15) is 12.5 Å². The van der Waals surface area contributed by atoms with Gasteiger partial charge in [-0.25, -0.2) is 0 Å². The topological polar surface area (TPSA) is 37.3 Å². The molecule has 1 aromatic rings. The van der Waals surface area contributed by atoms with E-state index in [1.807, 2.05) is 31.9 Å².